The van der Waals surface area contributed by atoms with Crippen molar-refractivity contribution in [2.75, 3.05) is 14.2 Å². The molecule has 0 aliphatic carbocycles. The summed E-state index contributed by atoms with van der Waals surface area (Å²) in [6.07, 6.45) is 0. The van der Waals surface area contributed by atoms with Gasteiger partial charge in [-0.05, 0) is 19.9 Å². The number of hydrogen-bond acceptors (Lipinski definition) is 5. The van der Waals surface area contributed by atoms with Crippen LogP contribution in [0.25, 0.3) is 21.7 Å². The minimum Gasteiger partial charge on any atom is -0.493 e. The molecule has 0 saturated carbocycles. The van der Waals surface area contributed by atoms with Gasteiger partial charge in [0, 0.05) is 16.8 Å². The fourth-order valence-corrected chi connectivity index (χ4v) is 3.03. The van der Waals surface area contributed by atoms with E-state index in [1.807, 2.05) is 0 Å². The average molecular weight is 328 g/mol. The molecule has 0 fully saturated rings. The first-order valence-electron chi connectivity index (χ1n) is 7.21. The third-order valence-electron chi connectivity index (χ3n) is 4.04. The zero-order chi connectivity index (χ0) is 17.6. The molecular weight excluding hydrogens is 312 g/mol. The lowest BCUT2D eigenvalue weighted by atomic mass is 9.99. The Morgan fingerprint density at radius 1 is 1.08 bits per heavy atom. The third-order valence-corrected chi connectivity index (χ3v) is 4.04. The molecule has 7 nitrogen and oxygen atoms in total. The predicted molar refractivity (Wildman–Crippen MR) is 89.4 cm³/mol. The van der Waals surface area contributed by atoms with Crippen LogP contribution in [0.1, 0.15) is 21.7 Å². The van der Waals surface area contributed by atoms with Crippen molar-refractivity contribution in [2.45, 2.75) is 13.8 Å². The molecular formula is C17H16N2O5. The van der Waals surface area contributed by atoms with Gasteiger partial charge in [0.25, 0.3) is 5.56 Å². The number of pyridine rings is 2. The number of aromatic amines is 1. The van der Waals surface area contributed by atoms with E-state index in [1.165, 1.54) is 14.2 Å². The van der Waals surface area contributed by atoms with Gasteiger partial charge < -0.3 is 19.6 Å². The van der Waals surface area contributed by atoms with Crippen molar-refractivity contribution in [1.29, 1.82) is 0 Å². The van der Waals surface area contributed by atoms with Crippen LogP contribution in [-0.2, 0) is 0 Å². The molecule has 3 rings (SSSR count). The van der Waals surface area contributed by atoms with Gasteiger partial charge in [0.05, 0.1) is 42.1 Å². The van der Waals surface area contributed by atoms with Crippen LogP contribution in [0.5, 0.6) is 11.5 Å². The number of rotatable bonds is 3. The van der Waals surface area contributed by atoms with E-state index in [1.54, 1.807) is 26.0 Å². The van der Waals surface area contributed by atoms with E-state index in [4.69, 9.17) is 9.47 Å². The van der Waals surface area contributed by atoms with Crippen LogP contribution in [0, 0.1) is 13.8 Å². The number of hydrogen-bond donors (Lipinski definition) is 2. The van der Waals surface area contributed by atoms with Crippen molar-refractivity contribution >= 4 is 27.6 Å². The van der Waals surface area contributed by atoms with Crippen LogP contribution >= 0.6 is 0 Å². The van der Waals surface area contributed by atoms with Crippen LogP contribution in [-0.4, -0.2) is 35.3 Å². The van der Waals surface area contributed by atoms with E-state index in [-0.39, 0.29) is 10.9 Å². The minimum atomic E-state index is -1.13. The summed E-state index contributed by atoms with van der Waals surface area (Å²) in [5.41, 5.74) is 0.924. The first kappa shape index (κ1) is 15.8. The SMILES string of the molecule is COc1cc2[nH]c(=O)c3c(C)nc(C)c(C(=O)O)c3c2cc1OC. The van der Waals surface area contributed by atoms with Gasteiger partial charge in [0.15, 0.2) is 11.5 Å². The van der Waals surface area contributed by atoms with Gasteiger partial charge >= 0.3 is 5.97 Å². The Morgan fingerprint density at radius 3 is 2.29 bits per heavy atom. The Labute approximate surface area is 136 Å². The summed E-state index contributed by atoms with van der Waals surface area (Å²) < 4.78 is 10.5. The molecule has 0 atom stereocenters. The Bertz CT molecular complexity index is 1050. The highest BCUT2D eigenvalue weighted by Crippen LogP contribution is 2.35. The summed E-state index contributed by atoms with van der Waals surface area (Å²) in [7, 11) is 2.98. The van der Waals surface area contributed by atoms with Gasteiger partial charge in [-0.25, -0.2) is 4.79 Å². The molecule has 2 aromatic heterocycles. The number of carboxylic acid groups (broad SMARTS) is 1. The van der Waals surface area contributed by atoms with Gasteiger partial charge in [-0.1, -0.05) is 0 Å². The lowest BCUT2D eigenvalue weighted by Crippen LogP contribution is -2.14. The number of methoxy groups -OCH3 is 2. The number of benzene rings is 1. The second-order valence-electron chi connectivity index (χ2n) is 5.42. The van der Waals surface area contributed by atoms with Crippen LogP contribution in [0.2, 0.25) is 0 Å². The van der Waals surface area contributed by atoms with Crippen LogP contribution in [0.3, 0.4) is 0 Å². The van der Waals surface area contributed by atoms with E-state index in [0.717, 1.165) is 0 Å². The molecule has 0 spiro atoms. The predicted octanol–water partition coefficient (Wildman–Crippen LogP) is 2.41. The van der Waals surface area contributed by atoms with Gasteiger partial charge in [-0.3, -0.25) is 9.78 Å². The molecule has 3 aromatic rings. The van der Waals surface area contributed by atoms with Gasteiger partial charge in [-0.15, -0.1) is 0 Å². The van der Waals surface area contributed by atoms with Gasteiger partial charge in [-0.2, -0.15) is 0 Å². The lowest BCUT2D eigenvalue weighted by Gasteiger charge is -2.14. The highest BCUT2D eigenvalue weighted by atomic mass is 16.5. The van der Waals surface area contributed by atoms with Crippen LogP contribution < -0.4 is 15.0 Å². The van der Waals surface area contributed by atoms with Crippen molar-refractivity contribution in [2.24, 2.45) is 0 Å². The molecule has 0 aliphatic rings. The molecule has 0 radical (unpaired) electrons. The lowest BCUT2D eigenvalue weighted by molar-refractivity contribution is 0.0698. The number of aromatic carboxylic acids is 1. The molecule has 0 bridgehead atoms. The first-order valence-corrected chi connectivity index (χ1v) is 7.21. The molecule has 2 heterocycles. The molecule has 124 valence electrons. The van der Waals surface area contributed by atoms with E-state index in [9.17, 15) is 14.7 Å². The van der Waals surface area contributed by atoms with E-state index < -0.39 is 11.5 Å². The molecule has 24 heavy (non-hydrogen) atoms. The van der Waals surface area contributed by atoms with Crippen molar-refractivity contribution in [3.63, 3.8) is 0 Å². The molecule has 0 aliphatic heterocycles. The number of H-pyrrole nitrogens is 1. The molecule has 2 N–H and O–H groups in total. The van der Waals surface area contributed by atoms with E-state index >= 15 is 0 Å². The highest BCUT2D eigenvalue weighted by molar-refractivity contribution is 6.16. The quantitative estimate of drug-likeness (QED) is 0.716. The van der Waals surface area contributed by atoms with Gasteiger partial charge in [0.2, 0.25) is 0 Å². The number of ether oxygens (including phenoxy) is 2. The topological polar surface area (TPSA) is 102 Å². The monoisotopic (exact) mass is 328 g/mol. The normalized spacial score (nSPS) is 11.0. The number of nitrogens with one attached hydrogen (secondary N) is 1. The Hall–Kier alpha value is -3.09. The first-order chi connectivity index (χ1) is 11.4. The third kappa shape index (κ3) is 2.17. The smallest absolute Gasteiger partial charge is 0.338 e. The zero-order valence-corrected chi connectivity index (χ0v) is 13.7. The summed E-state index contributed by atoms with van der Waals surface area (Å²) >= 11 is 0. The Balaban J connectivity index is 2.67. The fraction of sp³-hybridized carbons (Fsp3) is 0.235. The summed E-state index contributed by atoms with van der Waals surface area (Å²) in [4.78, 5) is 31.2. The summed E-state index contributed by atoms with van der Waals surface area (Å²) in [5, 5.41) is 10.8. The van der Waals surface area contributed by atoms with Gasteiger partial charge in [0.1, 0.15) is 0 Å². The maximum Gasteiger partial charge on any atom is 0.338 e. The van der Waals surface area contributed by atoms with Crippen molar-refractivity contribution in [3.05, 3.63) is 39.4 Å². The van der Waals surface area contributed by atoms with Crippen molar-refractivity contribution in [1.82, 2.24) is 9.97 Å². The molecule has 7 heteroatoms. The van der Waals surface area contributed by atoms with Crippen molar-refractivity contribution in [3.8, 4) is 11.5 Å². The summed E-state index contributed by atoms with van der Waals surface area (Å²) in [6, 6.07) is 3.28. The minimum absolute atomic E-state index is 0.0129. The number of carbonyl (C=O) groups is 1. The highest BCUT2D eigenvalue weighted by Gasteiger charge is 2.21. The Kier molecular flexibility index (Phi) is 3.63. The van der Waals surface area contributed by atoms with E-state index in [0.29, 0.717) is 39.2 Å². The fourth-order valence-electron chi connectivity index (χ4n) is 3.03. The largest absolute Gasteiger partial charge is 0.493 e. The van der Waals surface area contributed by atoms with Crippen LogP contribution in [0.4, 0.5) is 0 Å². The van der Waals surface area contributed by atoms with Crippen LogP contribution in [0.15, 0.2) is 16.9 Å². The number of aromatic nitrogens is 2. The number of aryl methyl sites for hydroxylation is 2. The average Bonchev–Trinajstić information content (AvgIpc) is 2.52. The number of carboxylic acids is 1. The second-order valence-corrected chi connectivity index (χ2v) is 5.42. The number of fused-ring (bicyclic) bond motifs is 3. The summed E-state index contributed by atoms with van der Waals surface area (Å²) in [6.45, 7) is 3.30. The maximum absolute atomic E-state index is 12.5. The zero-order valence-electron chi connectivity index (χ0n) is 13.7. The molecule has 0 saturated heterocycles. The second kappa shape index (κ2) is 5.52. The van der Waals surface area contributed by atoms with Crippen molar-refractivity contribution < 1.29 is 19.4 Å². The standard InChI is InChI=1S/C17H16N2O5/c1-7-13-15(14(17(21)22)8(2)18-7)9-5-11(23-3)12(24-4)6-10(9)19-16(13)20/h5-6H,1-4H3,(H,19,20)(H,21,22). The number of nitrogens with zero attached hydrogens (tertiary/aromatic N) is 1. The molecule has 1 aromatic carbocycles. The Morgan fingerprint density at radius 2 is 1.71 bits per heavy atom. The molecule has 0 unspecified atom stereocenters. The maximum atomic E-state index is 12.5. The van der Waals surface area contributed by atoms with E-state index in [2.05, 4.69) is 9.97 Å². The summed E-state index contributed by atoms with van der Waals surface area (Å²) in [5.74, 6) is -0.243. The molecule has 0 amide bonds.